The van der Waals surface area contributed by atoms with Crippen molar-refractivity contribution in [3.05, 3.63) is 0 Å². The minimum absolute atomic E-state index is 0.110. The molecule has 0 unspecified atom stereocenters. The summed E-state index contributed by atoms with van der Waals surface area (Å²) in [4.78, 5) is 25.5. The summed E-state index contributed by atoms with van der Waals surface area (Å²) in [5.41, 5.74) is 0.370. The van der Waals surface area contributed by atoms with Crippen LogP contribution in [0.3, 0.4) is 0 Å². The van der Waals surface area contributed by atoms with Gasteiger partial charge < -0.3 is 10.2 Å². The van der Waals surface area contributed by atoms with E-state index in [-0.39, 0.29) is 11.8 Å². The first-order chi connectivity index (χ1) is 10.4. The maximum Gasteiger partial charge on any atom is 0.222 e. The van der Waals surface area contributed by atoms with E-state index in [1.54, 1.807) is 0 Å². The highest BCUT2D eigenvalue weighted by atomic mass is 16.2. The Labute approximate surface area is 135 Å². The molecule has 1 saturated heterocycles. The molecular formula is C18H32N2O2. The predicted octanol–water partition coefficient (Wildman–Crippen LogP) is 3.11. The Hall–Kier alpha value is -1.06. The van der Waals surface area contributed by atoms with Crippen molar-refractivity contribution in [2.24, 2.45) is 11.3 Å². The summed E-state index contributed by atoms with van der Waals surface area (Å²) in [6.45, 7) is 8.38. The number of nitrogens with zero attached hydrogens (tertiary/aromatic N) is 1. The summed E-state index contributed by atoms with van der Waals surface area (Å²) in [7, 11) is 0. The van der Waals surface area contributed by atoms with Gasteiger partial charge in [0.05, 0.1) is 0 Å². The Kier molecular flexibility index (Phi) is 5.87. The van der Waals surface area contributed by atoms with E-state index in [4.69, 9.17) is 0 Å². The minimum Gasteiger partial charge on any atom is -0.353 e. The van der Waals surface area contributed by atoms with Crippen molar-refractivity contribution in [3.63, 3.8) is 0 Å². The van der Waals surface area contributed by atoms with Gasteiger partial charge in [-0.2, -0.15) is 0 Å². The van der Waals surface area contributed by atoms with Crippen LogP contribution in [-0.4, -0.2) is 35.8 Å². The second kappa shape index (κ2) is 7.47. The molecule has 0 radical (unpaired) electrons. The van der Waals surface area contributed by atoms with Gasteiger partial charge in [0.15, 0.2) is 0 Å². The van der Waals surface area contributed by atoms with E-state index in [2.05, 4.69) is 26.1 Å². The van der Waals surface area contributed by atoms with E-state index in [9.17, 15) is 9.59 Å². The highest BCUT2D eigenvalue weighted by molar-refractivity contribution is 5.80. The van der Waals surface area contributed by atoms with Crippen LogP contribution in [0.2, 0.25) is 0 Å². The zero-order valence-corrected chi connectivity index (χ0v) is 14.5. The molecule has 1 N–H and O–H groups in total. The summed E-state index contributed by atoms with van der Waals surface area (Å²) in [6, 6.07) is 0.328. The Bertz CT molecular complexity index is 400. The highest BCUT2D eigenvalue weighted by Gasteiger charge is 2.28. The third kappa shape index (κ3) is 4.99. The van der Waals surface area contributed by atoms with Crippen LogP contribution in [0, 0.1) is 11.3 Å². The van der Waals surface area contributed by atoms with E-state index < -0.39 is 0 Å². The first kappa shape index (κ1) is 17.3. The third-order valence-corrected chi connectivity index (χ3v) is 5.34. The number of carbonyl (C=O) groups is 2. The summed E-state index contributed by atoms with van der Waals surface area (Å²) >= 11 is 0. The Balaban J connectivity index is 1.71. The Morgan fingerprint density at radius 2 is 1.95 bits per heavy atom. The fourth-order valence-electron chi connectivity index (χ4n) is 3.79. The van der Waals surface area contributed by atoms with Crippen molar-refractivity contribution >= 4 is 11.8 Å². The lowest BCUT2D eigenvalue weighted by Crippen LogP contribution is -2.37. The van der Waals surface area contributed by atoms with Gasteiger partial charge in [0.25, 0.3) is 0 Å². The number of rotatable bonds is 4. The van der Waals surface area contributed by atoms with Crippen LogP contribution in [0.4, 0.5) is 0 Å². The molecule has 0 spiro atoms. The Morgan fingerprint density at radius 3 is 2.59 bits per heavy atom. The highest BCUT2D eigenvalue weighted by Crippen LogP contribution is 2.36. The molecule has 2 fully saturated rings. The molecule has 1 heterocycles. The first-order valence-corrected chi connectivity index (χ1v) is 8.93. The zero-order valence-electron chi connectivity index (χ0n) is 14.5. The molecule has 1 saturated carbocycles. The van der Waals surface area contributed by atoms with Gasteiger partial charge in [0.2, 0.25) is 11.8 Å². The monoisotopic (exact) mass is 308 g/mol. The third-order valence-electron chi connectivity index (χ3n) is 5.34. The van der Waals surface area contributed by atoms with E-state index in [1.807, 2.05) is 4.90 Å². The van der Waals surface area contributed by atoms with E-state index in [0.29, 0.717) is 30.8 Å². The van der Waals surface area contributed by atoms with Crippen LogP contribution in [0.15, 0.2) is 0 Å². The molecule has 2 atom stereocenters. The number of hydrogen-bond donors (Lipinski definition) is 1. The number of nitrogens with one attached hydrogen (secondary N) is 1. The maximum atomic E-state index is 12.1. The molecule has 22 heavy (non-hydrogen) atoms. The van der Waals surface area contributed by atoms with Crippen LogP contribution in [0.25, 0.3) is 0 Å². The van der Waals surface area contributed by atoms with Gasteiger partial charge in [0.1, 0.15) is 0 Å². The fourth-order valence-corrected chi connectivity index (χ4v) is 3.79. The molecule has 2 aliphatic rings. The molecular weight excluding hydrogens is 276 g/mol. The van der Waals surface area contributed by atoms with Crippen LogP contribution in [-0.2, 0) is 9.59 Å². The lowest BCUT2D eigenvalue weighted by Gasteiger charge is -2.29. The van der Waals surface area contributed by atoms with Gasteiger partial charge in [-0.05, 0) is 43.4 Å². The lowest BCUT2D eigenvalue weighted by atomic mass is 9.76. The fraction of sp³-hybridized carbons (Fsp3) is 0.889. The molecule has 1 aliphatic carbocycles. The van der Waals surface area contributed by atoms with Crippen LogP contribution in [0.1, 0.15) is 72.1 Å². The van der Waals surface area contributed by atoms with Crippen LogP contribution < -0.4 is 5.32 Å². The van der Waals surface area contributed by atoms with Crippen molar-refractivity contribution < 1.29 is 9.59 Å². The van der Waals surface area contributed by atoms with Crippen molar-refractivity contribution in [2.75, 3.05) is 13.1 Å². The Morgan fingerprint density at radius 1 is 1.18 bits per heavy atom. The molecule has 2 rings (SSSR count). The van der Waals surface area contributed by atoms with Crippen LogP contribution in [0.5, 0.6) is 0 Å². The average Bonchev–Trinajstić information content (AvgIpc) is 2.69. The summed E-state index contributed by atoms with van der Waals surface area (Å²) in [6.07, 6.45) is 7.92. The number of likely N-dealkylation sites (tertiary alicyclic amines) is 1. The van der Waals surface area contributed by atoms with Gasteiger partial charge in [-0.1, -0.05) is 27.2 Å². The smallest absolute Gasteiger partial charge is 0.222 e. The van der Waals surface area contributed by atoms with E-state index in [0.717, 1.165) is 31.7 Å². The molecule has 0 bridgehead atoms. The van der Waals surface area contributed by atoms with Crippen LogP contribution >= 0.6 is 0 Å². The standard InChI is InChI=1S/C18H32N2O2/c1-18(2,3)14-6-4-7-15(10-9-14)19-16(21)11-13-20-12-5-8-17(20)22/h14-15H,4-13H2,1-3H3,(H,19,21)/t14-,15-/m0/s1. The largest absolute Gasteiger partial charge is 0.353 e. The molecule has 0 aromatic carbocycles. The van der Waals surface area contributed by atoms with Gasteiger partial charge in [-0.15, -0.1) is 0 Å². The summed E-state index contributed by atoms with van der Waals surface area (Å²) < 4.78 is 0. The van der Waals surface area contributed by atoms with Gasteiger partial charge in [-0.25, -0.2) is 0 Å². The second-order valence-electron chi connectivity index (χ2n) is 8.07. The number of hydrogen-bond acceptors (Lipinski definition) is 2. The van der Waals surface area contributed by atoms with Gasteiger partial charge in [-0.3, -0.25) is 9.59 Å². The molecule has 0 aromatic rings. The molecule has 0 aromatic heterocycles. The molecule has 4 nitrogen and oxygen atoms in total. The first-order valence-electron chi connectivity index (χ1n) is 8.93. The summed E-state index contributed by atoms with van der Waals surface area (Å²) in [5, 5.41) is 3.19. The predicted molar refractivity (Wildman–Crippen MR) is 88.4 cm³/mol. The minimum atomic E-state index is 0.110. The van der Waals surface area contributed by atoms with Crippen molar-refractivity contribution in [1.82, 2.24) is 10.2 Å². The molecule has 2 amide bonds. The SMILES string of the molecule is CC(C)(C)[C@H]1CCC[C@H](NC(=O)CCN2CCCC2=O)CC1. The second-order valence-corrected chi connectivity index (χ2v) is 8.07. The van der Waals surface area contributed by atoms with Gasteiger partial charge >= 0.3 is 0 Å². The molecule has 4 heteroatoms. The topological polar surface area (TPSA) is 49.4 Å². The van der Waals surface area contributed by atoms with Gasteiger partial charge in [0, 0.05) is 32.0 Å². The average molecular weight is 308 g/mol. The number of carbonyl (C=O) groups excluding carboxylic acids is 2. The normalized spacial score (nSPS) is 26.9. The maximum absolute atomic E-state index is 12.1. The quantitative estimate of drug-likeness (QED) is 0.811. The van der Waals surface area contributed by atoms with Crippen molar-refractivity contribution in [2.45, 2.75) is 78.2 Å². The molecule has 1 aliphatic heterocycles. The summed E-state index contributed by atoms with van der Waals surface area (Å²) in [5.74, 6) is 1.07. The molecule has 126 valence electrons. The lowest BCUT2D eigenvalue weighted by molar-refractivity contribution is -0.128. The zero-order chi connectivity index (χ0) is 16.2. The van der Waals surface area contributed by atoms with E-state index >= 15 is 0 Å². The van der Waals surface area contributed by atoms with E-state index in [1.165, 1.54) is 19.3 Å². The van der Waals surface area contributed by atoms with Crippen molar-refractivity contribution in [1.29, 1.82) is 0 Å². The number of amides is 2. The van der Waals surface area contributed by atoms with Crippen molar-refractivity contribution in [3.8, 4) is 0 Å².